The molecule has 4 heteroatoms. The van der Waals surface area contributed by atoms with Gasteiger partial charge in [-0.2, -0.15) is 0 Å². The van der Waals surface area contributed by atoms with E-state index in [1.165, 1.54) is 0 Å². The van der Waals surface area contributed by atoms with Crippen LogP contribution < -0.4 is 10.5 Å². The van der Waals surface area contributed by atoms with Crippen molar-refractivity contribution >= 4 is 11.6 Å². The molecule has 2 atom stereocenters. The lowest BCUT2D eigenvalue weighted by Gasteiger charge is -2.15. The van der Waals surface area contributed by atoms with Crippen molar-refractivity contribution in [3.8, 4) is 5.75 Å². The Kier molecular flexibility index (Phi) is 4.87. The molecule has 1 aromatic rings. The minimum absolute atomic E-state index is 0.210. The van der Waals surface area contributed by atoms with Crippen LogP contribution in [0.15, 0.2) is 18.2 Å². The van der Waals surface area contributed by atoms with E-state index < -0.39 is 0 Å². The average molecular weight is 270 g/mol. The molecular formula is C14H20ClNO2. The highest BCUT2D eigenvalue weighted by molar-refractivity contribution is 6.30. The zero-order valence-electron chi connectivity index (χ0n) is 10.7. The first-order valence-corrected chi connectivity index (χ1v) is 6.83. The van der Waals surface area contributed by atoms with Gasteiger partial charge in [-0.15, -0.1) is 0 Å². The lowest BCUT2D eigenvalue weighted by molar-refractivity contribution is 0.0262. The van der Waals surface area contributed by atoms with Gasteiger partial charge in [-0.3, -0.25) is 0 Å². The molecule has 0 saturated carbocycles. The van der Waals surface area contributed by atoms with E-state index in [1.54, 1.807) is 0 Å². The third kappa shape index (κ3) is 3.61. The van der Waals surface area contributed by atoms with Crippen molar-refractivity contribution in [3.63, 3.8) is 0 Å². The molecule has 18 heavy (non-hydrogen) atoms. The van der Waals surface area contributed by atoms with Crippen LogP contribution in [0.4, 0.5) is 0 Å². The maximum atomic E-state index is 5.98. The van der Waals surface area contributed by atoms with Gasteiger partial charge in [0.2, 0.25) is 0 Å². The first-order valence-electron chi connectivity index (χ1n) is 6.46. The maximum absolute atomic E-state index is 5.98. The van der Waals surface area contributed by atoms with E-state index in [2.05, 4.69) is 6.92 Å². The summed E-state index contributed by atoms with van der Waals surface area (Å²) in [7, 11) is 0. The lowest BCUT2D eigenvalue weighted by Crippen LogP contribution is -2.18. The fourth-order valence-corrected chi connectivity index (χ4v) is 2.42. The summed E-state index contributed by atoms with van der Waals surface area (Å²) >= 11 is 5.98. The van der Waals surface area contributed by atoms with Gasteiger partial charge in [0, 0.05) is 5.02 Å². The van der Waals surface area contributed by atoms with E-state index in [9.17, 15) is 0 Å². The molecule has 1 aliphatic rings. The number of ether oxygens (including phenoxy) is 2. The molecule has 0 bridgehead atoms. The summed E-state index contributed by atoms with van der Waals surface area (Å²) in [6.45, 7) is 3.29. The van der Waals surface area contributed by atoms with Crippen molar-refractivity contribution < 1.29 is 9.47 Å². The summed E-state index contributed by atoms with van der Waals surface area (Å²) in [5.74, 6) is 0.869. The number of nitrogens with two attached hydrogens (primary N) is 1. The molecule has 0 radical (unpaired) electrons. The first kappa shape index (κ1) is 13.7. The largest absolute Gasteiger partial charge is 0.491 e. The normalized spacial score (nSPS) is 23.3. The van der Waals surface area contributed by atoms with E-state index in [1.807, 2.05) is 18.2 Å². The van der Waals surface area contributed by atoms with Crippen LogP contribution in [0.1, 0.15) is 25.3 Å². The van der Waals surface area contributed by atoms with Gasteiger partial charge < -0.3 is 15.2 Å². The van der Waals surface area contributed by atoms with Gasteiger partial charge in [0.15, 0.2) is 0 Å². The van der Waals surface area contributed by atoms with Crippen LogP contribution in [-0.2, 0) is 11.2 Å². The molecule has 2 N–H and O–H groups in total. The number of hydrogen-bond donors (Lipinski definition) is 1. The van der Waals surface area contributed by atoms with Gasteiger partial charge in [0.05, 0.1) is 12.2 Å². The minimum atomic E-state index is 0.210. The van der Waals surface area contributed by atoms with Crippen molar-refractivity contribution in [2.45, 2.75) is 38.4 Å². The first-order chi connectivity index (χ1) is 8.69. The standard InChI is InChI=1S/C14H20ClNO2/c1-10-2-4-13(18-10)9-17-14-5-3-12(15)8-11(14)6-7-16/h3,5,8,10,13H,2,4,6-7,9,16H2,1H3. The summed E-state index contributed by atoms with van der Waals surface area (Å²) in [5, 5.41) is 0.719. The van der Waals surface area contributed by atoms with E-state index >= 15 is 0 Å². The molecule has 1 heterocycles. The molecule has 100 valence electrons. The molecule has 0 aromatic heterocycles. The van der Waals surface area contributed by atoms with Crippen LogP contribution in [-0.4, -0.2) is 25.4 Å². The topological polar surface area (TPSA) is 44.5 Å². The highest BCUT2D eigenvalue weighted by Crippen LogP contribution is 2.25. The average Bonchev–Trinajstić information content (AvgIpc) is 2.75. The van der Waals surface area contributed by atoms with Gasteiger partial charge in [-0.05, 0) is 56.5 Å². The molecule has 1 saturated heterocycles. The summed E-state index contributed by atoms with van der Waals surface area (Å²) in [4.78, 5) is 0. The highest BCUT2D eigenvalue weighted by Gasteiger charge is 2.22. The lowest BCUT2D eigenvalue weighted by atomic mass is 10.1. The summed E-state index contributed by atoms with van der Waals surface area (Å²) < 4.78 is 11.6. The second-order valence-electron chi connectivity index (χ2n) is 4.75. The van der Waals surface area contributed by atoms with Crippen LogP contribution in [0, 0.1) is 0 Å². The van der Waals surface area contributed by atoms with Crippen LogP contribution in [0.2, 0.25) is 5.02 Å². The van der Waals surface area contributed by atoms with E-state index in [0.29, 0.717) is 19.3 Å². The Bertz CT molecular complexity index is 397. The predicted octanol–water partition coefficient (Wildman–Crippen LogP) is 2.79. The number of hydrogen-bond acceptors (Lipinski definition) is 3. The molecule has 0 amide bonds. The number of halogens is 1. The summed E-state index contributed by atoms with van der Waals surface area (Å²) in [6, 6.07) is 5.67. The molecule has 2 rings (SSSR count). The number of rotatable bonds is 5. The molecule has 2 unspecified atom stereocenters. The Balaban J connectivity index is 1.95. The van der Waals surface area contributed by atoms with Crippen molar-refractivity contribution in [1.29, 1.82) is 0 Å². The summed E-state index contributed by atoms with van der Waals surface area (Å²) in [5.41, 5.74) is 6.66. The third-order valence-corrected chi connectivity index (χ3v) is 3.42. The third-order valence-electron chi connectivity index (χ3n) is 3.18. The van der Waals surface area contributed by atoms with Gasteiger partial charge in [0.25, 0.3) is 0 Å². The zero-order chi connectivity index (χ0) is 13.0. The van der Waals surface area contributed by atoms with Gasteiger partial charge >= 0.3 is 0 Å². The Morgan fingerprint density at radius 3 is 2.94 bits per heavy atom. The molecule has 1 aliphatic heterocycles. The fraction of sp³-hybridized carbons (Fsp3) is 0.571. The van der Waals surface area contributed by atoms with Crippen molar-refractivity contribution in [2.24, 2.45) is 5.73 Å². The van der Waals surface area contributed by atoms with Crippen molar-refractivity contribution in [2.75, 3.05) is 13.2 Å². The molecule has 0 spiro atoms. The Labute approximate surface area is 113 Å². The van der Waals surface area contributed by atoms with E-state index in [0.717, 1.165) is 35.6 Å². The second-order valence-corrected chi connectivity index (χ2v) is 5.18. The van der Waals surface area contributed by atoms with Gasteiger partial charge in [0.1, 0.15) is 12.4 Å². The molecular weight excluding hydrogens is 250 g/mol. The minimum Gasteiger partial charge on any atom is -0.491 e. The maximum Gasteiger partial charge on any atom is 0.122 e. The fourth-order valence-electron chi connectivity index (χ4n) is 2.23. The smallest absolute Gasteiger partial charge is 0.122 e. The second kappa shape index (κ2) is 6.41. The van der Waals surface area contributed by atoms with Gasteiger partial charge in [-0.25, -0.2) is 0 Å². The highest BCUT2D eigenvalue weighted by atomic mass is 35.5. The summed E-state index contributed by atoms with van der Waals surface area (Å²) in [6.07, 6.45) is 3.53. The van der Waals surface area contributed by atoms with Crippen molar-refractivity contribution in [3.05, 3.63) is 28.8 Å². The van der Waals surface area contributed by atoms with E-state index in [4.69, 9.17) is 26.8 Å². The van der Waals surface area contributed by atoms with Gasteiger partial charge in [-0.1, -0.05) is 11.6 Å². The molecule has 3 nitrogen and oxygen atoms in total. The monoisotopic (exact) mass is 269 g/mol. The van der Waals surface area contributed by atoms with E-state index in [-0.39, 0.29) is 6.10 Å². The SMILES string of the molecule is CC1CCC(COc2ccc(Cl)cc2CCN)O1. The van der Waals surface area contributed by atoms with Crippen LogP contribution >= 0.6 is 11.6 Å². The molecule has 0 aliphatic carbocycles. The Hall–Kier alpha value is -0.770. The van der Waals surface area contributed by atoms with Crippen LogP contribution in [0.25, 0.3) is 0 Å². The Morgan fingerprint density at radius 2 is 2.28 bits per heavy atom. The predicted molar refractivity (Wildman–Crippen MR) is 73.3 cm³/mol. The number of benzene rings is 1. The zero-order valence-corrected chi connectivity index (χ0v) is 11.5. The quantitative estimate of drug-likeness (QED) is 0.894. The van der Waals surface area contributed by atoms with Crippen LogP contribution in [0.5, 0.6) is 5.75 Å². The Morgan fingerprint density at radius 1 is 1.44 bits per heavy atom. The molecule has 1 fully saturated rings. The van der Waals surface area contributed by atoms with Crippen LogP contribution in [0.3, 0.4) is 0 Å². The molecule has 1 aromatic carbocycles. The van der Waals surface area contributed by atoms with Crippen molar-refractivity contribution in [1.82, 2.24) is 0 Å².